The highest BCUT2D eigenvalue weighted by molar-refractivity contribution is 8.00. The molecule has 1 N–H and O–H groups in total. The Morgan fingerprint density at radius 3 is 2.74 bits per heavy atom. The summed E-state index contributed by atoms with van der Waals surface area (Å²) in [6.07, 6.45) is 2.60. The van der Waals surface area contributed by atoms with Gasteiger partial charge in [-0.1, -0.05) is 91.0 Å². The van der Waals surface area contributed by atoms with E-state index in [1.165, 1.54) is 38.9 Å². The van der Waals surface area contributed by atoms with Crippen LogP contribution < -0.4 is 14.4 Å². The number of fused-ring (bicyclic) bond motifs is 2. The van der Waals surface area contributed by atoms with E-state index >= 15 is 0 Å². The largest absolute Gasteiger partial charge is 0.507 e. The third-order valence-corrected chi connectivity index (χ3v) is 10.5. The summed E-state index contributed by atoms with van der Waals surface area (Å²) in [5.41, 5.74) is 3.17. The van der Waals surface area contributed by atoms with Crippen LogP contribution in [-0.4, -0.2) is 39.7 Å². The molecule has 2 aliphatic rings. The van der Waals surface area contributed by atoms with Crippen LogP contribution >= 0.6 is 23.1 Å². The lowest BCUT2D eigenvalue weighted by Gasteiger charge is -2.23. The quantitative estimate of drug-likeness (QED) is 0.0399. The summed E-state index contributed by atoms with van der Waals surface area (Å²) >= 11 is 2.77. The molecule has 1 amide bonds. The van der Waals surface area contributed by atoms with Gasteiger partial charge in [-0.05, 0) is 71.1 Å². The van der Waals surface area contributed by atoms with Crippen LogP contribution in [0.1, 0.15) is 55.0 Å². The van der Waals surface area contributed by atoms with Crippen LogP contribution in [0.2, 0.25) is 0 Å². The van der Waals surface area contributed by atoms with E-state index in [9.17, 15) is 14.7 Å². The Bertz CT molecular complexity index is 2020. The molecule has 1 saturated heterocycles. The molecule has 0 saturated carbocycles. The number of anilines is 1. The van der Waals surface area contributed by atoms with Crippen molar-refractivity contribution in [1.29, 1.82) is 0 Å². The highest BCUT2D eigenvalue weighted by Crippen LogP contribution is 2.45. The molecule has 0 radical (unpaired) electrons. The fraction of sp³-hybridized carbons (Fsp3) is 0.243. The molecule has 10 heteroatoms. The number of hydrogen-bond donors (Lipinski definition) is 1. The van der Waals surface area contributed by atoms with E-state index in [2.05, 4.69) is 41.4 Å². The van der Waals surface area contributed by atoms with Gasteiger partial charge < -0.3 is 14.6 Å². The maximum Gasteiger partial charge on any atom is 0.301 e. The number of rotatable bonds is 10. The van der Waals surface area contributed by atoms with Crippen LogP contribution in [0.25, 0.3) is 16.5 Å². The number of carbonyl (C=O) groups is 2. The smallest absolute Gasteiger partial charge is 0.301 e. The molecule has 1 aromatic heterocycles. The molecule has 2 aliphatic heterocycles. The van der Waals surface area contributed by atoms with Gasteiger partial charge in [0.15, 0.2) is 4.34 Å². The Morgan fingerprint density at radius 1 is 1.04 bits per heavy atom. The van der Waals surface area contributed by atoms with Crippen LogP contribution in [0.3, 0.4) is 0 Å². The highest BCUT2D eigenvalue weighted by atomic mass is 32.2. The van der Waals surface area contributed by atoms with Gasteiger partial charge in [0.1, 0.15) is 23.4 Å². The molecular formula is C37H33N3O5S2. The molecule has 0 unspecified atom stereocenters. The zero-order valence-electron chi connectivity index (χ0n) is 26.0. The minimum atomic E-state index is -0.933. The first-order valence-electron chi connectivity index (χ1n) is 15.7. The van der Waals surface area contributed by atoms with Crippen molar-refractivity contribution in [3.63, 3.8) is 0 Å². The highest BCUT2D eigenvalue weighted by Gasteiger charge is 2.48. The Morgan fingerprint density at radius 2 is 1.87 bits per heavy atom. The molecular weight excluding hydrogens is 631 g/mol. The van der Waals surface area contributed by atoms with Gasteiger partial charge in [0.05, 0.1) is 18.2 Å². The SMILES string of the molecule is CCCCOc1cccc([C@@H]2C(=C(O)c3ccc4c(c3)C[C@H](C)O4)C(=O)C(=O)N2c2nnc(SCc3cccc4ccccc34)s2)c1. The Labute approximate surface area is 281 Å². The second kappa shape index (κ2) is 13.2. The summed E-state index contributed by atoms with van der Waals surface area (Å²) in [5.74, 6) is 0.240. The second-order valence-electron chi connectivity index (χ2n) is 11.7. The first kappa shape index (κ1) is 31.0. The van der Waals surface area contributed by atoms with Gasteiger partial charge in [0.2, 0.25) is 5.13 Å². The van der Waals surface area contributed by atoms with Crippen molar-refractivity contribution in [2.24, 2.45) is 0 Å². The lowest BCUT2D eigenvalue weighted by atomic mass is 9.94. The van der Waals surface area contributed by atoms with Gasteiger partial charge >= 0.3 is 5.91 Å². The third kappa shape index (κ3) is 6.11. The lowest BCUT2D eigenvalue weighted by molar-refractivity contribution is -0.132. The number of Topliss-reactive ketones (excluding diaryl/α,β-unsaturated/α-hetero) is 1. The van der Waals surface area contributed by atoms with Gasteiger partial charge in [-0.2, -0.15) is 0 Å². The normalized spacial score (nSPS) is 18.5. The van der Waals surface area contributed by atoms with Gasteiger partial charge in [-0.3, -0.25) is 14.5 Å². The summed E-state index contributed by atoms with van der Waals surface area (Å²) in [5, 5.41) is 23.1. The molecule has 47 heavy (non-hydrogen) atoms. The molecule has 5 aromatic rings. The molecule has 0 bridgehead atoms. The molecule has 2 atom stereocenters. The lowest BCUT2D eigenvalue weighted by Crippen LogP contribution is -2.29. The number of aromatic nitrogens is 2. The Balaban J connectivity index is 1.25. The number of thioether (sulfide) groups is 1. The monoisotopic (exact) mass is 663 g/mol. The number of benzene rings is 4. The van der Waals surface area contributed by atoms with Crippen molar-refractivity contribution in [1.82, 2.24) is 10.2 Å². The zero-order chi connectivity index (χ0) is 32.5. The van der Waals surface area contributed by atoms with E-state index in [4.69, 9.17) is 9.47 Å². The average Bonchev–Trinajstić information content (AvgIpc) is 3.78. The van der Waals surface area contributed by atoms with Gasteiger partial charge in [-0.15, -0.1) is 10.2 Å². The summed E-state index contributed by atoms with van der Waals surface area (Å²) in [4.78, 5) is 29.0. The second-order valence-corrected chi connectivity index (χ2v) is 13.9. The third-order valence-electron chi connectivity index (χ3n) is 8.39. The number of unbranched alkanes of at least 4 members (excludes halogenated alkanes) is 1. The predicted octanol–water partition coefficient (Wildman–Crippen LogP) is 8.11. The van der Waals surface area contributed by atoms with Crippen LogP contribution in [0.15, 0.2) is 94.8 Å². The van der Waals surface area contributed by atoms with Crippen LogP contribution in [-0.2, 0) is 21.8 Å². The standard InChI is InChI=1S/C37H33N3O5S2/c1-3-4-17-44-28-13-8-11-24(20-28)32-31(33(41)25-15-16-30-27(19-25)18-22(2)45-30)34(42)35(43)40(32)36-38-39-37(47-36)46-21-26-12-7-10-23-9-5-6-14-29(23)26/h5-16,19-20,22,32,41H,3-4,17-18,21H2,1-2H3/t22-,32+/m0/s1. The van der Waals surface area contributed by atoms with E-state index in [1.807, 2.05) is 55.5 Å². The average molecular weight is 664 g/mol. The maximum absolute atomic E-state index is 13.8. The minimum Gasteiger partial charge on any atom is -0.507 e. The molecule has 0 aliphatic carbocycles. The molecule has 7 rings (SSSR count). The first-order valence-corrected chi connectivity index (χ1v) is 17.5. The van der Waals surface area contributed by atoms with E-state index < -0.39 is 17.7 Å². The summed E-state index contributed by atoms with van der Waals surface area (Å²) < 4.78 is 12.5. The molecule has 3 heterocycles. The summed E-state index contributed by atoms with van der Waals surface area (Å²) in [6.45, 7) is 4.62. The number of aliphatic hydroxyl groups excluding tert-OH is 1. The van der Waals surface area contributed by atoms with Gasteiger partial charge in [-0.25, -0.2) is 0 Å². The van der Waals surface area contributed by atoms with E-state index in [0.29, 0.717) is 40.0 Å². The summed E-state index contributed by atoms with van der Waals surface area (Å²) in [7, 11) is 0. The topological polar surface area (TPSA) is 102 Å². The van der Waals surface area contributed by atoms with Crippen molar-refractivity contribution in [3.05, 3.63) is 113 Å². The van der Waals surface area contributed by atoms with E-state index in [1.54, 1.807) is 12.1 Å². The molecule has 8 nitrogen and oxygen atoms in total. The first-order chi connectivity index (χ1) is 22.9. The van der Waals surface area contributed by atoms with Crippen LogP contribution in [0, 0.1) is 0 Å². The van der Waals surface area contributed by atoms with Gasteiger partial charge in [0, 0.05) is 17.7 Å². The number of aliphatic hydroxyl groups is 1. The summed E-state index contributed by atoms with van der Waals surface area (Å²) in [6, 6.07) is 26.2. The Hall–Kier alpha value is -4.67. The predicted molar refractivity (Wildman–Crippen MR) is 185 cm³/mol. The number of ether oxygens (including phenoxy) is 2. The molecule has 238 valence electrons. The number of ketones is 1. The molecule has 1 fully saturated rings. The molecule has 0 spiro atoms. The fourth-order valence-corrected chi connectivity index (χ4v) is 7.97. The minimum absolute atomic E-state index is 0.00668. The van der Waals surface area contributed by atoms with Crippen molar-refractivity contribution in [2.45, 2.75) is 55.3 Å². The number of nitrogens with zero attached hydrogens (tertiary/aromatic N) is 3. The van der Waals surface area contributed by atoms with Crippen LogP contribution in [0.4, 0.5) is 5.13 Å². The van der Waals surface area contributed by atoms with Gasteiger partial charge in [0.25, 0.3) is 5.78 Å². The van der Waals surface area contributed by atoms with E-state index in [-0.39, 0.29) is 22.6 Å². The fourth-order valence-electron chi connectivity index (χ4n) is 6.09. The zero-order valence-corrected chi connectivity index (χ0v) is 27.6. The maximum atomic E-state index is 13.8. The van der Waals surface area contributed by atoms with Crippen molar-refractivity contribution < 1.29 is 24.2 Å². The number of amides is 1. The van der Waals surface area contributed by atoms with Crippen molar-refractivity contribution >= 4 is 56.5 Å². The number of carbonyl (C=O) groups excluding carboxylic acids is 2. The van der Waals surface area contributed by atoms with Crippen LogP contribution in [0.5, 0.6) is 11.5 Å². The van der Waals surface area contributed by atoms with Crippen molar-refractivity contribution in [2.75, 3.05) is 11.5 Å². The molecule has 4 aromatic carbocycles. The number of hydrogen-bond acceptors (Lipinski definition) is 9. The van der Waals surface area contributed by atoms with Crippen molar-refractivity contribution in [3.8, 4) is 11.5 Å². The Kier molecular flexibility index (Phi) is 8.70. The van der Waals surface area contributed by atoms with E-state index in [0.717, 1.165) is 29.5 Å².